The normalized spacial score (nSPS) is 11.5. The minimum absolute atomic E-state index is 0.837. The number of benzene rings is 8. The molecule has 0 saturated heterocycles. The molecular formula is C48H31NO2. The van der Waals surface area contributed by atoms with Crippen molar-refractivity contribution >= 4 is 60.9 Å². The Balaban J connectivity index is 1.23. The van der Waals surface area contributed by atoms with E-state index in [0.717, 1.165) is 72.1 Å². The lowest BCUT2D eigenvalue weighted by Gasteiger charge is -2.28. The largest absolute Gasteiger partial charge is 0.456 e. The average Bonchev–Trinajstić information content (AvgIpc) is 3.78. The maximum Gasteiger partial charge on any atom is 0.145 e. The van der Waals surface area contributed by atoms with E-state index in [1.54, 1.807) is 0 Å². The van der Waals surface area contributed by atoms with Gasteiger partial charge in [-0.3, -0.25) is 0 Å². The van der Waals surface area contributed by atoms with E-state index < -0.39 is 0 Å². The molecule has 0 spiro atoms. The highest BCUT2D eigenvalue weighted by molar-refractivity contribution is 6.27. The Hall–Kier alpha value is -6.84. The van der Waals surface area contributed by atoms with Crippen molar-refractivity contribution in [3.05, 3.63) is 188 Å². The van der Waals surface area contributed by atoms with Gasteiger partial charge in [-0.05, 0) is 82.4 Å². The van der Waals surface area contributed by atoms with Gasteiger partial charge < -0.3 is 13.7 Å². The van der Waals surface area contributed by atoms with Crippen LogP contribution in [0.25, 0.3) is 77.3 Å². The Labute approximate surface area is 295 Å². The molecule has 3 nitrogen and oxygen atoms in total. The Morgan fingerprint density at radius 2 is 0.784 bits per heavy atom. The molecule has 0 aliphatic carbocycles. The van der Waals surface area contributed by atoms with Crippen molar-refractivity contribution < 1.29 is 8.83 Å². The fourth-order valence-corrected chi connectivity index (χ4v) is 7.50. The summed E-state index contributed by atoms with van der Waals surface area (Å²) in [5.74, 6) is 0. The summed E-state index contributed by atoms with van der Waals surface area (Å²) in [6.45, 7) is 0. The number of hydrogen-bond donors (Lipinski definition) is 0. The Morgan fingerprint density at radius 1 is 0.314 bits per heavy atom. The standard InChI is InChI=1S/C48H31NO2/c1-4-12-32(13-5-1)34-20-24-37(25-21-34)49(38-26-22-35(23-27-38)33-14-6-2-7-15-33)41-29-28-40-47-44(51-48(40)45(41)36-16-8-3-9-17-36)31-30-43-46(47)39-18-10-11-19-42(39)50-43/h1-31H. The smallest absolute Gasteiger partial charge is 0.145 e. The van der Waals surface area contributed by atoms with Crippen LogP contribution in [-0.2, 0) is 0 Å². The fourth-order valence-electron chi connectivity index (χ4n) is 7.50. The number of anilines is 3. The first kappa shape index (κ1) is 29.1. The minimum Gasteiger partial charge on any atom is -0.456 e. The van der Waals surface area contributed by atoms with Gasteiger partial charge in [-0.25, -0.2) is 0 Å². The molecule has 0 aliphatic heterocycles. The second kappa shape index (κ2) is 11.9. The quantitative estimate of drug-likeness (QED) is 0.179. The van der Waals surface area contributed by atoms with E-state index in [4.69, 9.17) is 8.83 Å². The lowest BCUT2D eigenvalue weighted by atomic mass is 9.97. The van der Waals surface area contributed by atoms with Crippen LogP contribution in [-0.4, -0.2) is 0 Å². The van der Waals surface area contributed by atoms with E-state index in [1.165, 1.54) is 22.3 Å². The highest BCUT2D eigenvalue weighted by Crippen LogP contribution is 2.48. The Kier molecular flexibility index (Phi) is 6.81. The van der Waals surface area contributed by atoms with Crippen molar-refractivity contribution in [3.8, 4) is 33.4 Å². The first-order chi connectivity index (χ1) is 25.3. The van der Waals surface area contributed by atoms with Crippen LogP contribution in [0, 0.1) is 0 Å². The van der Waals surface area contributed by atoms with Crippen molar-refractivity contribution in [2.24, 2.45) is 0 Å². The van der Waals surface area contributed by atoms with Gasteiger partial charge in [0.1, 0.15) is 22.3 Å². The predicted octanol–water partition coefficient (Wildman–Crippen LogP) is 14.0. The van der Waals surface area contributed by atoms with Crippen LogP contribution >= 0.6 is 0 Å². The monoisotopic (exact) mass is 653 g/mol. The zero-order chi connectivity index (χ0) is 33.7. The molecule has 0 amide bonds. The van der Waals surface area contributed by atoms with Gasteiger partial charge in [-0.2, -0.15) is 0 Å². The number of rotatable bonds is 6. The van der Waals surface area contributed by atoms with E-state index >= 15 is 0 Å². The summed E-state index contributed by atoms with van der Waals surface area (Å²) >= 11 is 0. The van der Waals surface area contributed by atoms with Gasteiger partial charge in [0.15, 0.2) is 0 Å². The molecule has 0 radical (unpaired) electrons. The summed E-state index contributed by atoms with van der Waals surface area (Å²) in [7, 11) is 0. The molecule has 8 aromatic carbocycles. The molecule has 2 heterocycles. The van der Waals surface area contributed by atoms with Crippen LogP contribution in [0.2, 0.25) is 0 Å². The molecule has 0 fully saturated rings. The van der Waals surface area contributed by atoms with Gasteiger partial charge in [-0.1, -0.05) is 133 Å². The second-order valence-corrected chi connectivity index (χ2v) is 12.9. The lowest BCUT2D eigenvalue weighted by molar-refractivity contribution is 0.663. The third-order valence-corrected chi connectivity index (χ3v) is 9.89. The zero-order valence-electron chi connectivity index (χ0n) is 27.7. The molecule has 51 heavy (non-hydrogen) atoms. The van der Waals surface area contributed by atoms with Crippen LogP contribution in [0.1, 0.15) is 0 Å². The summed E-state index contributed by atoms with van der Waals surface area (Å²) in [5.41, 5.74) is 13.4. The molecule has 10 rings (SSSR count). The second-order valence-electron chi connectivity index (χ2n) is 12.9. The van der Waals surface area contributed by atoms with Crippen molar-refractivity contribution in [2.45, 2.75) is 0 Å². The van der Waals surface area contributed by atoms with Gasteiger partial charge in [0, 0.05) is 38.5 Å². The molecule has 0 N–H and O–H groups in total. The molecule has 0 aliphatic rings. The number of hydrogen-bond acceptors (Lipinski definition) is 3. The highest BCUT2D eigenvalue weighted by Gasteiger charge is 2.24. The lowest BCUT2D eigenvalue weighted by Crippen LogP contribution is -2.11. The van der Waals surface area contributed by atoms with E-state index in [0.29, 0.717) is 0 Å². The molecule has 3 heteroatoms. The summed E-state index contributed by atoms with van der Waals surface area (Å²) in [4.78, 5) is 2.35. The number of para-hydroxylation sites is 1. The highest BCUT2D eigenvalue weighted by atomic mass is 16.3. The Bertz CT molecular complexity index is 2730. The summed E-state index contributed by atoms with van der Waals surface area (Å²) in [6.07, 6.45) is 0. The fraction of sp³-hybridized carbons (Fsp3) is 0. The van der Waals surface area contributed by atoms with E-state index in [-0.39, 0.29) is 0 Å². The van der Waals surface area contributed by atoms with Crippen LogP contribution in [0.5, 0.6) is 0 Å². The van der Waals surface area contributed by atoms with Gasteiger partial charge >= 0.3 is 0 Å². The molecule has 2 aromatic heterocycles. The summed E-state index contributed by atoms with van der Waals surface area (Å²) < 4.78 is 13.2. The first-order valence-corrected chi connectivity index (χ1v) is 17.3. The third-order valence-electron chi connectivity index (χ3n) is 9.89. The molecule has 0 unspecified atom stereocenters. The van der Waals surface area contributed by atoms with E-state index in [1.807, 2.05) is 24.3 Å². The average molecular weight is 654 g/mol. The van der Waals surface area contributed by atoms with Crippen LogP contribution in [0.15, 0.2) is 197 Å². The van der Waals surface area contributed by atoms with Crippen molar-refractivity contribution in [1.82, 2.24) is 0 Å². The maximum atomic E-state index is 6.91. The number of nitrogens with zero attached hydrogens (tertiary/aromatic N) is 1. The SMILES string of the molecule is c1ccc(-c2ccc(N(c3ccc(-c4ccccc4)cc3)c3ccc4c(oc5ccc6oc7ccccc7c6c54)c3-c3ccccc3)cc2)cc1. The molecule has 0 bridgehead atoms. The van der Waals surface area contributed by atoms with Crippen LogP contribution in [0.3, 0.4) is 0 Å². The van der Waals surface area contributed by atoms with Crippen molar-refractivity contribution in [1.29, 1.82) is 0 Å². The van der Waals surface area contributed by atoms with Crippen molar-refractivity contribution in [3.63, 3.8) is 0 Å². The van der Waals surface area contributed by atoms with Crippen LogP contribution in [0.4, 0.5) is 17.1 Å². The van der Waals surface area contributed by atoms with E-state index in [2.05, 4.69) is 169 Å². The number of furan rings is 2. The molecule has 0 saturated carbocycles. The number of fused-ring (bicyclic) bond motifs is 7. The van der Waals surface area contributed by atoms with Gasteiger partial charge in [-0.15, -0.1) is 0 Å². The van der Waals surface area contributed by atoms with Crippen LogP contribution < -0.4 is 4.90 Å². The maximum absolute atomic E-state index is 6.91. The van der Waals surface area contributed by atoms with Gasteiger partial charge in [0.2, 0.25) is 0 Å². The summed E-state index contributed by atoms with van der Waals surface area (Å²) in [5, 5.41) is 4.30. The topological polar surface area (TPSA) is 29.5 Å². The van der Waals surface area contributed by atoms with E-state index in [9.17, 15) is 0 Å². The molecular weight excluding hydrogens is 623 g/mol. The molecule has 0 atom stereocenters. The third kappa shape index (κ3) is 4.90. The summed E-state index contributed by atoms with van der Waals surface area (Å²) in [6, 6.07) is 66.1. The van der Waals surface area contributed by atoms with Gasteiger partial charge in [0.05, 0.1) is 5.69 Å². The minimum atomic E-state index is 0.837. The first-order valence-electron chi connectivity index (χ1n) is 17.3. The Morgan fingerprint density at radius 3 is 1.37 bits per heavy atom. The van der Waals surface area contributed by atoms with Gasteiger partial charge in [0.25, 0.3) is 0 Å². The molecule has 240 valence electrons. The van der Waals surface area contributed by atoms with Crippen molar-refractivity contribution in [2.75, 3.05) is 4.90 Å². The zero-order valence-corrected chi connectivity index (χ0v) is 27.7. The molecule has 10 aromatic rings. The predicted molar refractivity (Wildman–Crippen MR) is 212 cm³/mol.